The zero-order valence-corrected chi connectivity index (χ0v) is 18.3. The molecule has 156 valence electrons. The third kappa shape index (κ3) is 5.77. The lowest BCUT2D eigenvalue weighted by molar-refractivity contribution is -0.123. The van der Waals surface area contributed by atoms with Crippen molar-refractivity contribution in [3.8, 4) is 0 Å². The summed E-state index contributed by atoms with van der Waals surface area (Å²) in [5.74, 6) is 2.38. The van der Waals surface area contributed by atoms with Gasteiger partial charge in [-0.2, -0.15) is 0 Å². The largest absolute Gasteiger partial charge is 0.300 e. The normalized spacial score (nSPS) is 26.3. The molecule has 0 bridgehead atoms. The van der Waals surface area contributed by atoms with E-state index in [4.69, 9.17) is 0 Å². The van der Waals surface area contributed by atoms with E-state index in [1.54, 1.807) is 0 Å². The number of hydrogen-bond acceptors (Lipinski definition) is 4. The first-order chi connectivity index (χ1) is 12.9. The number of nitrogens with zero attached hydrogens (tertiary/aromatic N) is 3. The monoisotopic (exact) mass is 377 g/mol. The van der Waals surface area contributed by atoms with E-state index in [0.29, 0.717) is 12.3 Å². The molecule has 0 aromatic rings. The first kappa shape index (κ1) is 21.3. The van der Waals surface area contributed by atoms with Crippen LogP contribution in [-0.4, -0.2) is 78.4 Å². The molecule has 0 aromatic heterocycles. The van der Waals surface area contributed by atoms with Crippen LogP contribution in [0.4, 0.5) is 0 Å². The highest BCUT2D eigenvalue weighted by Crippen LogP contribution is 2.29. The smallest absolute Gasteiger partial charge is 0.149 e. The highest BCUT2D eigenvalue weighted by Gasteiger charge is 2.32. The molecule has 3 aliphatic rings. The van der Waals surface area contributed by atoms with E-state index in [1.807, 2.05) is 13.8 Å². The van der Waals surface area contributed by atoms with Crippen molar-refractivity contribution in [1.29, 1.82) is 0 Å². The van der Waals surface area contributed by atoms with Gasteiger partial charge in [0.25, 0.3) is 0 Å². The third-order valence-electron chi connectivity index (χ3n) is 7.63. The Morgan fingerprint density at radius 3 is 1.63 bits per heavy atom. The standard InChI is InChI=1S/C23H43N3O/c1-18(2)20-5-13-25(14-6-20)22-9-15-26(16-10-22)21-7-11-24(12-8-21)17-23(27)19(3)4/h18-22H,5-17H2,1-4H3. The predicted molar refractivity (Wildman–Crippen MR) is 113 cm³/mol. The van der Waals surface area contributed by atoms with Crippen LogP contribution in [0.5, 0.6) is 0 Å². The Kier molecular flexibility index (Phi) is 7.75. The fourth-order valence-corrected chi connectivity index (χ4v) is 5.41. The maximum atomic E-state index is 12.0. The molecule has 3 fully saturated rings. The summed E-state index contributed by atoms with van der Waals surface area (Å²) in [4.78, 5) is 19.9. The van der Waals surface area contributed by atoms with E-state index in [1.165, 1.54) is 64.7 Å². The minimum Gasteiger partial charge on any atom is -0.300 e. The van der Waals surface area contributed by atoms with Gasteiger partial charge in [-0.1, -0.05) is 27.7 Å². The van der Waals surface area contributed by atoms with Gasteiger partial charge < -0.3 is 9.80 Å². The molecule has 0 aliphatic carbocycles. The average molecular weight is 378 g/mol. The van der Waals surface area contributed by atoms with E-state index in [9.17, 15) is 4.79 Å². The van der Waals surface area contributed by atoms with Crippen molar-refractivity contribution >= 4 is 5.78 Å². The Balaban J connectivity index is 1.36. The Morgan fingerprint density at radius 1 is 0.741 bits per heavy atom. The summed E-state index contributed by atoms with van der Waals surface area (Å²) in [6.07, 6.45) is 8.03. The van der Waals surface area contributed by atoms with Gasteiger partial charge in [-0.15, -0.1) is 0 Å². The quantitative estimate of drug-likeness (QED) is 0.708. The molecule has 0 radical (unpaired) electrons. The van der Waals surface area contributed by atoms with Gasteiger partial charge in [0.15, 0.2) is 0 Å². The number of ketones is 1. The SMILES string of the molecule is CC(C)C(=O)CN1CCC(N2CCC(N3CCC(C(C)C)CC3)CC2)CC1. The zero-order valence-electron chi connectivity index (χ0n) is 18.3. The topological polar surface area (TPSA) is 26.8 Å². The van der Waals surface area contributed by atoms with E-state index < -0.39 is 0 Å². The van der Waals surface area contributed by atoms with E-state index in [2.05, 4.69) is 28.5 Å². The molecule has 3 rings (SSSR count). The third-order valence-corrected chi connectivity index (χ3v) is 7.63. The maximum Gasteiger partial charge on any atom is 0.149 e. The molecular weight excluding hydrogens is 334 g/mol. The van der Waals surface area contributed by atoms with Crippen LogP contribution >= 0.6 is 0 Å². The molecule has 27 heavy (non-hydrogen) atoms. The van der Waals surface area contributed by atoms with Crippen LogP contribution in [0.15, 0.2) is 0 Å². The molecule has 0 unspecified atom stereocenters. The number of likely N-dealkylation sites (tertiary alicyclic amines) is 3. The lowest BCUT2D eigenvalue weighted by atomic mass is 9.85. The molecule has 4 heteroatoms. The Labute approximate surface area is 167 Å². The van der Waals surface area contributed by atoms with Crippen molar-refractivity contribution in [2.75, 3.05) is 45.8 Å². The summed E-state index contributed by atoms with van der Waals surface area (Å²) >= 11 is 0. The first-order valence-electron chi connectivity index (χ1n) is 11.7. The van der Waals surface area contributed by atoms with Crippen molar-refractivity contribution in [2.45, 2.75) is 78.3 Å². The van der Waals surface area contributed by atoms with Crippen molar-refractivity contribution in [2.24, 2.45) is 17.8 Å². The lowest BCUT2D eigenvalue weighted by Crippen LogP contribution is -2.52. The van der Waals surface area contributed by atoms with Gasteiger partial charge in [0.1, 0.15) is 5.78 Å². The summed E-state index contributed by atoms with van der Waals surface area (Å²) in [6, 6.07) is 1.58. The fourth-order valence-electron chi connectivity index (χ4n) is 5.41. The van der Waals surface area contributed by atoms with Gasteiger partial charge in [0.05, 0.1) is 6.54 Å². The molecule has 0 atom stereocenters. The van der Waals surface area contributed by atoms with Crippen molar-refractivity contribution in [1.82, 2.24) is 14.7 Å². The number of carbonyl (C=O) groups is 1. The summed E-state index contributed by atoms with van der Waals surface area (Å²) in [5.41, 5.74) is 0. The highest BCUT2D eigenvalue weighted by molar-refractivity contribution is 5.82. The highest BCUT2D eigenvalue weighted by atomic mass is 16.1. The van der Waals surface area contributed by atoms with Gasteiger partial charge in [-0.05, 0) is 76.5 Å². The Hall–Kier alpha value is -0.450. The molecule has 0 N–H and O–H groups in total. The molecule has 0 spiro atoms. The van der Waals surface area contributed by atoms with Crippen molar-refractivity contribution in [3.63, 3.8) is 0 Å². The van der Waals surface area contributed by atoms with Crippen LogP contribution in [0.3, 0.4) is 0 Å². The van der Waals surface area contributed by atoms with E-state index >= 15 is 0 Å². The number of carbonyl (C=O) groups excluding carboxylic acids is 1. The molecule has 0 aromatic carbocycles. The minimum atomic E-state index is 0.173. The molecule has 3 aliphatic heterocycles. The van der Waals surface area contributed by atoms with E-state index in [0.717, 1.165) is 37.0 Å². The van der Waals surface area contributed by atoms with Crippen LogP contribution in [0.2, 0.25) is 0 Å². The second-order valence-corrected chi connectivity index (χ2v) is 10.0. The molecule has 0 saturated carbocycles. The second-order valence-electron chi connectivity index (χ2n) is 10.0. The first-order valence-corrected chi connectivity index (χ1v) is 11.7. The molecule has 0 amide bonds. The Morgan fingerprint density at radius 2 is 1.19 bits per heavy atom. The second kappa shape index (κ2) is 9.84. The minimum absolute atomic E-state index is 0.173. The predicted octanol–water partition coefficient (Wildman–Crippen LogP) is 3.51. The number of piperidine rings is 3. The molecular formula is C23H43N3O. The van der Waals surface area contributed by atoms with Crippen LogP contribution in [-0.2, 0) is 4.79 Å². The summed E-state index contributed by atoms with van der Waals surface area (Å²) in [6.45, 7) is 16.9. The van der Waals surface area contributed by atoms with Gasteiger partial charge in [0.2, 0.25) is 0 Å². The molecule has 3 saturated heterocycles. The average Bonchev–Trinajstić information content (AvgIpc) is 2.69. The van der Waals surface area contributed by atoms with Gasteiger partial charge in [-0.25, -0.2) is 0 Å². The fraction of sp³-hybridized carbons (Fsp3) is 0.957. The number of Topliss-reactive ketones (excluding diaryl/α,β-unsaturated/α-hetero) is 1. The Bertz CT molecular complexity index is 454. The van der Waals surface area contributed by atoms with Crippen LogP contribution < -0.4 is 0 Å². The van der Waals surface area contributed by atoms with Crippen molar-refractivity contribution in [3.05, 3.63) is 0 Å². The zero-order chi connectivity index (χ0) is 19.4. The lowest BCUT2D eigenvalue weighted by Gasteiger charge is -2.45. The maximum absolute atomic E-state index is 12.0. The molecule has 4 nitrogen and oxygen atoms in total. The number of hydrogen-bond donors (Lipinski definition) is 0. The van der Waals surface area contributed by atoms with Crippen LogP contribution in [0, 0.1) is 17.8 Å². The summed E-state index contributed by atoms with van der Waals surface area (Å²) in [7, 11) is 0. The van der Waals surface area contributed by atoms with Gasteiger partial charge in [-0.3, -0.25) is 9.69 Å². The van der Waals surface area contributed by atoms with Gasteiger partial charge >= 0.3 is 0 Å². The van der Waals surface area contributed by atoms with Crippen LogP contribution in [0.1, 0.15) is 66.2 Å². The number of rotatable bonds is 6. The van der Waals surface area contributed by atoms with E-state index in [-0.39, 0.29) is 5.92 Å². The summed E-state index contributed by atoms with van der Waals surface area (Å²) < 4.78 is 0. The molecule has 3 heterocycles. The van der Waals surface area contributed by atoms with Crippen LogP contribution in [0.25, 0.3) is 0 Å². The summed E-state index contributed by atoms with van der Waals surface area (Å²) in [5, 5.41) is 0. The van der Waals surface area contributed by atoms with Gasteiger partial charge in [0, 0.05) is 31.1 Å². The van der Waals surface area contributed by atoms with Crippen molar-refractivity contribution < 1.29 is 4.79 Å².